The second-order valence-corrected chi connectivity index (χ2v) is 2.95. The molecule has 1 atom stereocenters. The molecule has 0 bridgehead atoms. The second kappa shape index (κ2) is 2.11. The van der Waals surface area contributed by atoms with Gasteiger partial charge in [0, 0.05) is 12.6 Å². The van der Waals surface area contributed by atoms with E-state index in [1.54, 1.807) is 6.08 Å². The minimum atomic E-state index is 0.213. The van der Waals surface area contributed by atoms with Gasteiger partial charge in [-0.2, -0.15) is 0 Å². The Kier molecular flexibility index (Phi) is 1.26. The summed E-state index contributed by atoms with van der Waals surface area (Å²) in [5, 5.41) is 0. The van der Waals surface area contributed by atoms with Crippen LogP contribution >= 0.6 is 0 Å². The molecule has 2 heteroatoms. The van der Waals surface area contributed by atoms with E-state index in [9.17, 15) is 4.79 Å². The molecule has 0 spiro atoms. The Morgan fingerprint density at radius 1 is 1.50 bits per heavy atom. The lowest BCUT2D eigenvalue weighted by Gasteiger charge is -2.28. The first-order chi connectivity index (χ1) is 4.88. The quantitative estimate of drug-likeness (QED) is 0.486. The second-order valence-electron chi connectivity index (χ2n) is 2.95. The molecule has 2 aliphatic rings. The minimum Gasteiger partial charge on any atom is -0.333 e. The van der Waals surface area contributed by atoms with E-state index in [0.717, 1.165) is 6.54 Å². The summed E-state index contributed by atoms with van der Waals surface area (Å²) in [6, 6.07) is 0.446. The fraction of sp³-hybridized carbons (Fsp3) is 0.625. The fourth-order valence-corrected chi connectivity index (χ4v) is 1.72. The van der Waals surface area contributed by atoms with E-state index in [1.807, 2.05) is 11.0 Å². The topological polar surface area (TPSA) is 20.3 Å². The normalized spacial score (nSPS) is 31.0. The maximum absolute atomic E-state index is 11.0. The molecule has 1 saturated heterocycles. The molecule has 0 radical (unpaired) electrons. The van der Waals surface area contributed by atoms with Gasteiger partial charge in [0.1, 0.15) is 0 Å². The van der Waals surface area contributed by atoms with E-state index in [4.69, 9.17) is 0 Å². The zero-order valence-corrected chi connectivity index (χ0v) is 5.92. The van der Waals surface area contributed by atoms with E-state index in [1.165, 1.54) is 19.3 Å². The first kappa shape index (κ1) is 5.96. The maximum Gasteiger partial charge on any atom is 0.246 e. The van der Waals surface area contributed by atoms with E-state index < -0.39 is 0 Å². The first-order valence-corrected chi connectivity index (χ1v) is 3.87. The van der Waals surface area contributed by atoms with Gasteiger partial charge in [-0.1, -0.05) is 6.08 Å². The van der Waals surface area contributed by atoms with Gasteiger partial charge in [-0.3, -0.25) is 4.79 Å². The Bertz CT molecular complexity index is 186. The van der Waals surface area contributed by atoms with Gasteiger partial charge in [-0.15, -0.1) is 0 Å². The Balaban J connectivity index is 2.14. The summed E-state index contributed by atoms with van der Waals surface area (Å²) in [4.78, 5) is 13.0. The molecule has 0 aromatic rings. The summed E-state index contributed by atoms with van der Waals surface area (Å²) in [7, 11) is 0. The molecule has 0 N–H and O–H groups in total. The Labute approximate surface area is 60.5 Å². The summed E-state index contributed by atoms with van der Waals surface area (Å²) in [5.41, 5.74) is 0. The van der Waals surface area contributed by atoms with Crippen LogP contribution in [0.2, 0.25) is 0 Å². The van der Waals surface area contributed by atoms with Crippen LogP contribution in [-0.2, 0) is 4.79 Å². The molecule has 0 aromatic carbocycles. The standard InChI is InChI=1S/C8H11NO/c10-8-5-4-7-3-1-2-6-9(7)8/h4-5,7H,1-3,6H2/t7-/m0/s1. The monoisotopic (exact) mass is 137 g/mol. The summed E-state index contributed by atoms with van der Waals surface area (Å²) in [6.07, 6.45) is 7.36. The van der Waals surface area contributed by atoms with Gasteiger partial charge in [-0.05, 0) is 19.3 Å². The van der Waals surface area contributed by atoms with Gasteiger partial charge in [0.25, 0.3) is 0 Å². The first-order valence-electron chi connectivity index (χ1n) is 3.87. The molecule has 54 valence electrons. The number of hydrogen-bond acceptors (Lipinski definition) is 1. The van der Waals surface area contributed by atoms with Gasteiger partial charge < -0.3 is 4.90 Å². The van der Waals surface area contributed by atoms with Crippen molar-refractivity contribution in [2.24, 2.45) is 0 Å². The summed E-state index contributed by atoms with van der Waals surface area (Å²) in [6.45, 7) is 0.969. The predicted molar refractivity (Wildman–Crippen MR) is 38.5 cm³/mol. The predicted octanol–water partition coefficient (Wildman–Crippen LogP) is 0.937. The van der Waals surface area contributed by atoms with E-state index in [-0.39, 0.29) is 5.91 Å². The number of amides is 1. The number of carbonyl (C=O) groups is 1. The highest BCUT2D eigenvalue weighted by atomic mass is 16.2. The van der Waals surface area contributed by atoms with E-state index in [0.29, 0.717) is 6.04 Å². The molecule has 2 heterocycles. The van der Waals surface area contributed by atoms with Crippen LogP contribution in [0, 0.1) is 0 Å². The van der Waals surface area contributed by atoms with Crippen LogP contribution in [0.5, 0.6) is 0 Å². The molecule has 0 aliphatic carbocycles. The molecule has 10 heavy (non-hydrogen) atoms. The number of fused-ring (bicyclic) bond motifs is 1. The summed E-state index contributed by atoms with van der Waals surface area (Å²) < 4.78 is 0. The van der Waals surface area contributed by atoms with E-state index >= 15 is 0 Å². The Morgan fingerprint density at radius 2 is 2.40 bits per heavy atom. The fourth-order valence-electron chi connectivity index (χ4n) is 1.72. The van der Waals surface area contributed by atoms with Crippen molar-refractivity contribution in [1.82, 2.24) is 4.90 Å². The zero-order chi connectivity index (χ0) is 6.97. The molecular formula is C8H11NO. The largest absolute Gasteiger partial charge is 0.333 e. The van der Waals surface area contributed by atoms with Crippen LogP contribution in [0.4, 0.5) is 0 Å². The van der Waals surface area contributed by atoms with Gasteiger partial charge >= 0.3 is 0 Å². The Hall–Kier alpha value is -0.790. The molecule has 0 saturated carbocycles. The molecule has 2 rings (SSSR count). The highest BCUT2D eigenvalue weighted by Gasteiger charge is 2.27. The summed E-state index contributed by atoms with van der Waals surface area (Å²) in [5.74, 6) is 0.213. The highest BCUT2D eigenvalue weighted by Crippen LogP contribution is 2.22. The van der Waals surface area contributed by atoms with Crippen molar-refractivity contribution in [3.63, 3.8) is 0 Å². The molecule has 2 aliphatic heterocycles. The third kappa shape index (κ3) is 0.753. The van der Waals surface area contributed by atoms with Crippen molar-refractivity contribution in [3.8, 4) is 0 Å². The number of carbonyl (C=O) groups excluding carboxylic acids is 1. The zero-order valence-electron chi connectivity index (χ0n) is 5.92. The van der Waals surface area contributed by atoms with Gasteiger partial charge in [0.2, 0.25) is 5.91 Å². The molecule has 1 amide bonds. The maximum atomic E-state index is 11.0. The lowest BCUT2D eigenvalue weighted by molar-refractivity contribution is -0.126. The van der Waals surface area contributed by atoms with Crippen LogP contribution in [0.25, 0.3) is 0 Å². The van der Waals surface area contributed by atoms with Gasteiger partial charge in [0.05, 0.1) is 6.04 Å². The highest BCUT2D eigenvalue weighted by molar-refractivity contribution is 5.90. The van der Waals surface area contributed by atoms with E-state index in [2.05, 4.69) is 0 Å². The van der Waals surface area contributed by atoms with Gasteiger partial charge in [0.15, 0.2) is 0 Å². The number of hydrogen-bond donors (Lipinski definition) is 0. The van der Waals surface area contributed by atoms with Crippen molar-refractivity contribution in [2.75, 3.05) is 6.54 Å². The smallest absolute Gasteiger partial charge is 0.246 e. The van der Waals surface area contributed by atoms with Crippen LogP contribution in [-0.4, -0.2) is 23.4 Å². The minimum absolute atomic E-state index is 0.213. The lowest BCUT2D eigenvalue weighted by Crippen LogP contribution is -2.37. The van der Waals surface area contributed by atoms with Crippen LogP contribution in [0.3, 0.4) is 0 Å². The molecule has 0 aromatic heterocycles. The molecule has 1 fully saturated rings. The van der Waals surface area contributed by atoms with Crippen molar-refractivity contribution >= 4 is 5.91 Å². The van der Waals surface area contributed by atoms with Crippen LogP contribution in [0.15, 0.2) is 12.2 Å². The number of rotatable bonds is 0. The third-order valence-corrected chi connectivity index (χ3v) is 2.29. The molecule has 0 unspecified atom stereocenters. The number of piperidine rings is 1. The SMILES string of the molecule is O=C1C=C[C@@H]2CCCCN12. The van der Waals surface area contributed by atoms with Crippen molar-refractivity contribution < 1.29 is 4.79 Å². The van der Waals surface area contributed by atoms with Crippen molar-refractivity contribution in [3.05, 3.63) is 12.2 Å². The average molecular weight is 137 g/mol. The van der Waals surface area contributed by atoms with Gasteiger partial charge in [-0.25, -0.2) is 0 Å². The Morgan fingerprint density at radius 3 is 3.20 bits per heavy atom. The molecular weight excluding hydrogens is 126 g/mol. The number of nitrogens with zero attached hydrogens (tertiary/aromatic N) is 1. The van der Waals surface area contributed by atoms with Crippen molar-refractivity contribution in [1.29, 1.82) is 0 Å². The van der Waals surface area contributed by atoms with Crippen molar-refractivity contribution in [2.45, 2.75) is 25.3 Å². The van der Waals surface area contributed by atoms with Crippen LogP contribution < -0.4 is 0 Å². The molecule has 2 nitrogen and oxygen atoms in total. The average Bonchev–Trinajstić information content (AvgIpc) is 2.34. The third-order valence-electron chi connectivity index (χ3n) is 2.29. The van der Waals surface area contributed by atoms with Crippen LogP contribution in [0.1, 0.15) is 19.3 Å². The lowest BCUT2D eigenvalue weighted by atomic mass is 10.1. The summed E-state index contributed by atoms with van der Waals surface area (Å²) >= 11 is 0.